The number of hydrogen-bond acceptors (Lipinski definition) is 1. The molecule has 0 amide bonds. The molecule has 0 aliphatic rings. The zero-order valence-electron chi connectivity index (χ0n) is 7.54. The third kappa shape index (κ3) is 2.98. The first-order chi connectivity index (χ1) is 7.29. The first-order valence-electron chi connectivity index (χ1n) is 3.93. The topological polar surface area (TPSA) is 17.1 Å². The van der Waals surface area contributed by atoms with E-state index in [1.807, 2.05) is 0 Å². The normalized spacial score (nSPS) is 11.6. The van der Waals surface area contributed by atoms with Crippen LogP contribution in [0.25, 0.3) is 0 Å². The minimum absolute atomic E-state index is 0.0904. The smallest absolute Gasteiger partial charge is 0.293 e. The van der Waals surface area contributed by atoms with Crippen LogP contribution in [0.4, 0.5) is 13.2 Å². The van der Waals surface area contributed by atoms with Gasteiger partial charge in [-0.3, -0.25) is 4.79 Å². The van der Waals surface area contributed by atoms with Crippen LogP contribution in [0.3, 0.4) is 0 Å². The van der Waals surface area contributed by atoms with Gasteiger partial charge in [0.2, 0.25) is 0 Å². The molecule has 0 bridgehead atoms. The lowest BCUT2D eigenvalue weighted by molar-refractivity contribution is -0.138. The van der Waals surface area contributed by atoms with Gasteiger partial charge in [-0.2, -0.15) is 13.2 Å². The van der Waals surface area contributed by atoms with Crippen LogP contribution < -0.4 is 0 Å². The maximum Gasteiger partial charge on any atom is 0.418 e. The number of alkyl halides is 4. The molecule has 0 saturated heterocycles. The van der Waals surface area contributed by atoms with Crippen LogP contribution in [0.5, 0.6) is 0 Å². The van der Waals surface area contributed by atoms with E-state index in [2.05, 4.69) is 31.9 Å². The van der Waals surface area contributed by atoms with Crippen LogP contribution >= 0.6 is 54.5 Å². The molecule has 1 nitrogen and oxygen atoms in total. The number of carbonyl (C=O) groups is 1. The van der Waals surface area contributed by atoms with Gasteiger partial charge in [-0.25, -0.2) is 0 Å². The first-order valence-corrected chi connectivity index (χ1v) is 6.92. The van der Waals surface area contributed by atoms with Crippen molar-refractivity contribution >= 4 is 60.2 Å². The van der Waals surface area contributed by atoms with Crippen molar-refractivity contribution in [2.45, 2.75) is 6.18 Å². The Morgan fingerprint density at radius 3 is 2.38 bits per heavy atom. The van der Waals surface area contributed by atoms with Gasteiger partial charge < -0.3 is 0 Å². The number of rotatable bonds is 2. The molecule has 0 N–H and O–H groups in total. The van der Waals surface area contributed by atoms with E-state index in [0.717, 1.165) is 0 Å². The van der Waals surface area contributed by atoms with Crippen molar-refractivity contribution in [2.75, 3.05) is 5.33 Å². The van der Waals surface area contributed by atoms with Gasteiger partial charge in [-0.15, -0.1) is 0 Å². The lowest BCUT2D eigenvalue weighted by Gasteiger charge is -2.14. The molecule has 7 heteroatoms. The molecule has 0 saturated carbocycles. The summed E-state index contributed by atoms with van der Waals surface area (Å²) in [6, 6.07) is 2.66. The highest BCUT2D eigenvalue weighted by atomic mass is 127. The van der Waals surface area contributed by atoms with E-state index in [1.165, 1.54) is 12.1 Å². The minimum atomic E-state index is -4.55. The average Bonchev–Trinajstić information content (AvgIpc) is 2.18. The fraction of sp³-hybridized carbons (Fsp3) is 0.222. The molecule has 1 rings (SSSR count). The maximum absolute atomic E-state index is 12.8. The van der Waals surface area contributed by atoms with Crippen molar-refractivity contribution in [2.24, 2.45) is 0 Å². The molecule has 0 heterocycles. The molecule has 0 unspecified atom stereocenters. The van der Waals surface area contributed by atoms with Crippen LogP contribution in [0.15, 0.2) is 16.6 Å². The Labute approximate surface area is 120 Å². The third-order valence-corrected chi connectivity index (χ3v) is 4.77. The van der Waals surface area contributed by atoms with E-state index in [4.69, 9.17) is 0 Å². The number of benzene rings is 1. The molecule has 0 aliphatic heterocycles. The minimum Gasteiger partial charge on any atom is -0.293 e. The van der Waals surface area contributed by atoms with Gasteiger partial charge in [-0.05, 0) is 50.7 Å². The standard InChI is InChI=1S/C9H4Br2F3IO/c10-3-6(16)4-1-2-5(15)8(11)7(4)9(12,13)14/h1-2H,3H2. The van der Waals surface area contributed by atoms with Crippen LogP contribution in [-0.2, 0) is 6.18 Å². The Morgan fingerprint density at radius 2 is 1.94 bits per heavy atom. The fourth-order valence-electron chi connectivity index (χ4n) is 1.13. The number of Topliss-reactive ketones (excluding diaryl/α,β-unsaturated/α-hetero) is 1. The van der Waals surface area contributed by atoms with Gasteiger partial charge in [0, 0.05) is 13.6 Å². The van der Waals surface area contributed by atoms with Gasteiger partial charge in [-0.1, -0.05) is 15.9 Å². The molecule has 1 aromatic carbocycles. The monoisotopic (exact) mass is 470 g/mol. The molecular weight excluding hydrogens is 468 g/mol. The summed E-state index contributed by atoms with van der Waals surface area (Å²) in [5.41, 5.74) is -1.24. The first kappa shape index (κ1) is 14.4. The van der Waals surface area contributed by atoms with Crippen molar-refractivity contribution in [3.8, 4) is 0 Å². The molecule has 0 spiro atoms. The predicted octanol–water partition coefficient (Wildman–Crippen LogP) is 4.65. The highest BCUT2D eigenvalue weighted by molar-refractivity contribution is 14.1. The number of carbonyl (C=O) groups excluding carboxylic acids is 1. The second-order valence-electron chi connectivity index (χ2n) is 2.84. The quantitative estimate of drug-likeness (QED) is 0.349. The summed E-state index contributed by atoms with van der Waals surface area (Å²) < 4.78 is 38.7. The Morgan fingerprint density at radius 1 is 1.38 bits per heavy atom. The fourth-order valence-corrected chi connectivity index (χ4v) is 2.45. The Hall–Kier alpha value is 0.370. The lowest BCUT2D eigenvalue weighted by atomic mass is 10.0. The van der Waals surface area contributed by atoms with E-state index in [1.54, 1.807) is 22.6 Å². The van der Waals surface area contributed by atoms with Gasteiger partial charge in [0.25, 0.3) is 0 Å². The number of halogens is 6. The van der Waals surface area contributed by atoms with E-state index in [-0.39, 0.29) is 15.4 Å². The summed E-state index contributed by atoms with van der Waals surface area (Å²) in [5, 5.41) is -0.136. The van der Waals surface area contributed by atoms with Gasteiger partial charge in [0.1, 0.15) is 0 Å². The highest BCUT2D eigenvalue weighted by Gasteiger charge is 2.37. The zero-order chi connectivity index (χ0) is 12.5. The Kier molecular flexibility index (Phi) is 4.82. The summed E-state index contributed by atoms with van der Waals surface area (Å²) in [7, 11) is 0. The largest absolute Gasteiger partial charge is 0.418 e. The van der Waals surface area contributed by atoms with E-state index in [9.17, 15) is 18.0 Å². The molecular formula is C9H4Br2F3IO. The molecule has 0 atom stereocenters. The van der Waals surface area contributed by atoms with Crippen molar-refractivity contribution in [3.05, 3.63) is 31.3 Å². The zero-order valence-corrected chi connectivity index (χ0v) is 12.9. The lowest BCUT2D eigenvalue weighted by Crippen LogP contribution is -2.15. The van der Waals surface area contributed by atoms with Crippen LogP contribution in [-0.4, -0.2) is 11.1 Å². The maximum atomic E-state index is 12.8. The number of ketones is 1. The van der Waals surface area contributed by atoms with Crippen LogP contribution in [0.2, 0.25) is 0 Å². The van der Waals surface area contributed by atoms with Gasteiger partial charge in [0.15, 0.2) is 5.78 Å². The van der Waals surface area contributed by atoms with Crippen LogP contribution in [0, 0.1) is 3.57 Å². The summed E-state index contributed by atoms with van der Waals surface area (Å²) in [6.45, 7) is 0. The summed E-state index contributed by atoms with van der Waals surface area (Å²) in [5.74, 6) is -0.593. The molecule has 0 aromatic heterocycles. The number of hydrogen-bond donors (Lipinski definition) is 0. The van der Waals surface area contributed by atoms with Crippen LogP contribution in [0.1, 0.15) is 15.9 Å². The van der Waals surface area contributed by atoms with E-state index in [0.29, 0.717) is 3.57 Å². The van der Waals surface area contributed by atoms with Crippen molar-refractivity contribution in [3.63, 3.8) is 0 Å². The molecule has 1 aromatic rings. The van der Waals surface area contributed by atoms with Gasteiger partial charge >= 0.3 is 6.18 Å². The average molecular weight is 472 g/mol. The second kappa shape index (κ2) is 5.34. The van der Waals surface area contributed by atoms with Crippen molar-refractivity contribution < 1.29 is 18.0 Å². The summed E-state index contributed by atoms with van der Waals surface area (Å²) in [6.07, 6.45) is -4.55. The summed E-state index contributed by atoms with van der Waals surface area (Å²) in [4.78, 5) is 11.4. The van der Waals surface area contributed by atoms with Crippen molar-refractivity contribution in [1.29, 1.82) is 0 Å². The third-order valence-electron chi connectivity index (χ3n) is 1.80. The highest BCUT2D eigenvalue weighted by Crippen LogP contribution is 2.39. The predicted molar refractivity (Wildman–Crippen MR) is 70.0 cm³/mol. The SMILES string of the molecule is O=C(CBr)c1ccc(I)c(Br)c1C(F)(F)F. The Bertz CT molecular complexity index is 431. The molecule has 16 heavy (non-hydrogen) atoms. The molecule has 88 valence electrons. The molecule has 0 fully saturated rings. The van der Waals surface area contributed by atoms with E-state index < -0.39 is 17.5 Å². The van der Waals surface area contributed by atoms with Crippen molar-refractivity contribution in [1.82, 2.24) is 0 Å². The summed E-state index contributed by atoms with van der Waals surface area (Å²) >= 11 is 7.50. The second-order valence-corrected chi connectivity index (χ2v) is 5.35. The molecule has 0 aliphatic carbocycles. The van der Waals surface area contributed by atoms with E-state index >= 15 is 0 Å². The van der Waals surface area contributed by atoms with Gasteiger partial charge in [0.05, 0.1) is 10.9 Å². The Balaban J connectivity index is 3.52. The molecule has 0 radical (unpaired) electrons.